The molecule has 0 aliphatic rings. The zero-order valence-corrected chi connectivity index (χ0v) is 13.9. The number of hydrogen-bond acceptors (Lipinski definition) is 2. The summed E-state index contributed by atoms with van der Waals surface area (Å²) in [5.74, 6) is 0.714. The van der Waals surface area contributed by atoms with Crippen LogP contribution in [0.5, 0.6) is 0 Å². The maximum Gasteiger partial charge on any atom is 0.0414 e. The number of likely N-dealkylation sites (N-methyl/N-ethyl adjacent to an activating group) is 1. The average molecular weight is 276 g/mol. The third-order valence-corrected chi connectivity index (χ3v) is 3.67. The summed E-state index contributed by atoms with van der Waals surface area (Å²) in [6, 6.07) is 9.46. The van der Waals surface area contributed by atoms with Crippen molar-refractivity contribution in [2.75, 3.05) is 24.5 Å². The molecule has 0 aromatic heterocycles. The SMILES string of the molecule is CCCC(CNCC(C)C)N(CC)c1cccc(C)c1. The first-order chi connectivity index (χ1) is 9.58. The van der Waals surface area contributed by atoms with Crippen molar-refractivity contribution in [1.29, 1.82) is 0 Å². The van der Waals surface area contributed by atoms with Crippen molar-refractivity contribution < 1.29 is 0 Å². The van der Waals surface area contributed by atoms with Crippen LogP contribution < -0.4 is 10.2 Å². The fourth-order valence-corrected chi connectivity index (χ4v) is 2.70. The second-order valence-electron chi connectivity index (χ2n) is 6.12. The number of nitrogens with one attached hydrogen (secondary N) is 1. The van der Waals surface area contributed by atoms with Gasteiger partial charge in [-0.25, -0.2) is 0 Å². The quantitative estimate of drug-likeness (QED) is 0.726. The molecule has 0 bridgehead atoms. The monoisotopic (exact) mass is 276 g/mol. The Balaban J connectivity index is 2.74. The summed E-state index contributed by atoms with van der Waals surface area (Å²) in [4.78, 5) is 2.55. The van der Waals surface area contributed by atoms with Crippen molar-refractivity contribution in [3.63, 3.8) is 0 Å². The Kier molecular flexibility index (Phi) is 7.68. The standard InChI is InChI=1S/C18H32N2/c1-6-9-18(14-19-13-15(3)4)20(7-2)17-11-8-10-16(5)12-17/h8,10-12,15,18-19H,6-7,9,13-14H2,1-5H3. The molecule has 0 spiro atoms. The number of rotatable bonds is 9. The topological polar surface area (TPSA) is 15.3 Å². The largest absolute Gasteiger partial charge is 0.368 e. The molecule has 0 fully saturated rings. The molecule has 1 aromatic carbocycles. The highest BCUT2D eigenvalue weighted by atomic mass is 15.2. The van der Waals surface area contributed by atoms with Crippen LogP contribution in [0.4, 0.5) is 5.69 Å². The molecule has 0 amide bonds. The summed E-state index contributed by atoms with van der Waals surface area (Å²) in [5.41, 5.74) is 2.70. The zero-order valence-electron chi connectivity index (χ0n) is 13.9. The molecule has 20 heavy (non-hydrogen) atoms. The Morgan fingerprint density at radius 2 is 1.90 bits per heavy atom. The van der Waals surface area contributed by atoms with Gasteiger partial charge in [0.15, 0.2) is 0 Å². The van der Waals surface area contributed by atoms with E-state index in [0.717, 1.165) is 19.6 Å². The van der Waals surface area contributed by atoms with Crippen LogP contribution in [-0.4, -0.2) is 25.7 Å². The normalized spacial score (nSPS) is 12.7. The highest BCUT2D eigenvalue weighted by molar-refractivity contribution is 5.49. The van der Waals surface area contributed by atoms with Gasteiger partial charge in [-0.05, 0) is 50.4 Å². The van der Waals surface area contributed by atoms with Crippen molar-refractivity contribution in [1.82, 2.24) is 5.32 Å². The van der Waals surface area contributed by atoms with E-state index in [2.05, 4.69) is 69.1 Å². The molecule has 114 valence electrons. The van der Waals surface area contributed by atoms with Crippen molar-refractivity contribution in [2.24, 2.45) is 5.92 Å². The summed E-state index contributed by atoms with van der Waals surface area (Å²) in [5, 5.41) is 3.63. The van der Waals surface area contributed by atoms with Crippen LogP contribution in [0.1, 0.15) is 46.1 Å². The van der Waals surface area contributed by atoms with Crippen LogP contribution in [0.15, 0.2) is 24.3 Å². The van der Waals surface area contributed by atoms with Crippen molar-refractivity contribution in [3.05, 3.63) is 29.8 Å². The van der Waals surface area contributed by atoms with E-state index in [0.29, 0.717) is 12.0 Å². The van der Waals surface area contributed by atoms with Gasteiger partial charge in [-0.3, -0.25) is 0 Å². The molecule has 0 saturated heterocycles. The molecule has 2 heteroatoms. The second-order valence-corrected chi connectivity index (χ2v) is 6.12. The van der Waals surface area contributed by atoms with Gasteiger partial charge in [0.25, 0.3) is 0 Å². The molecule has 1 unspecified atom stereocenters. The fourth-order valence-electron chi connectivity index (χ4n) is 2.70. The first-order valence-electron chi connectivity index (χ1n) is 8.12. The van der Waals surface area contributed by atoms with E-state index in [1.807, 2.05) is 0 Å². The van der Waals surface area contributed by atoms with E-state index < -0.39 is 0 Å². The molecule has 1 rings (SSSR count). The van der Waals surface area contributed by atoms with Gasteiger partial charge in [0, 0.05) is 24.8 Å². The lowest BCUT2D eigenvalue weighted by Crippen LogP contribution is -2.43. The maximum absolute atomic E-state index is 3.63. The summed E-state index contributed by atoms with van der Waals surface area (Å²) in [6.07, 6.45) is 2.48. The zero-order chi connectivity index (χ0) is 15.0. The van der Waals surface area contributed by atoms with Crippen LogP contribution in [0.2, 0.25) is 0 Å². The van der Waals surface area contributed by atoms with Gasteiger partial charge in [0.05, 0.1) is 0 Å². The number of benzene rings is 1. The molecule has 1 atom stereocenters. The molecule has 0 aliphatic carbocycles. The van der Waals surface area contributed by atoms with Gasteiger partial charge >= 0.3 is 0 Å². The number of anilines is 1. The third kappa shape index (κ3) is 5.54. The molecular weight excluding hydrogens is 244 g/mol. The molecule has 1 N–H and O–H groups in total. The molecule has 0 radical (unpaired) electrons. The molecule has 0 heterocycles. The van der Waals surface area contributed by atoms with Crippen LogP contribution in [0.3, 0.4) is 0 Å². The minimum atomic E-state index is 0.588. The predicted molar refractivity (Wildman–Crippen MR) is 90.6 cm³/mol. The Hall–Kier alpha value is -1.02. The fraction of sp³-hybridized carbons (Fsp3) is 0.667. The summed E-state index contributed by atoms with van der Waals surface area (Å²) < 4.78 is 0. The summed E-state index contributed by atoms with van der Waals surface area (Å²) >= 11 is 0. The Bertz CT molecular complexity index is 373. The van der Waals surface area contributed by atoms with Crippen molar-refractivity contribution >= 4 is 5.69 Å². The van der Waals surface area contributed by atoms with Gasteiger partial charge in [-0.15, -0.1) is 0 Å². The van der Waals surface area contributed by atoms with E-state index in [4.69, 9.17) is 0 Å². The number of aryl methyl sites for hydroxylation is 1. The highest BCUT2D eigenvalue weighted by Gasteiger charge is 2.16. The van der Waals surface area contributed by atoms with E-state index in [1.165, 1.54) is 24.1 Å². The Morgan fingerprint density at radius 3 is 2.45 bits per heavy atom. The molecule has 0 aliphatic heterocycles. The minimum absolute atomic E-state index is 0.588. The van der Waals surface area contributed by atoms with Gasteiger partial charge in [-0.2, -0.15) is 0 Å². The lowest BCUT2D eigenvalue weighted by molar-refractivity contribution is 0.473. The first kappa shape index (κ1) is 17.0. The summed E-state index contributed by atoms with van der Waals surface area (Å²) in [7, 11) is 0. The van der Waals surface area contributed by atoms with Crippen LogP contribution in [0.25, 0.3) is 0 Å². The van der Waals surface area contributed by atoms with Gasteiger partial charge in [-0.1, -0.05) is 39.3 Å². The van der Waals surface area contributed by atoms with E-state index >= 15 is 0 Å². The number of nitrogens with zero attached hydrogens (tertiary/aromatic N) is 1. The molecule has 2 nitrogen and oxygen atoms in total. The van der Waals surface area contributed by atoms with E-state index in [9.17, 15) is 0 Å². The Morgan fingerprint density at radius 1 is 1.15 bits per heavy atom. The van der Waals surface area contributed by atoms with Crippen LogP contribution in [-0.2, 0) is 0 Å². The summed E-state index contributed by atoms with van der Waals surface area (Å²) in [6.45, 7) is 14.5. The van der Waals surface area contributed by atoms with Gasteiger partial charge in [0.1, 0.15) is 0 Å². The first-order valence-corrected chi connectivity index (χ1v) is 8.12. The highest BCUT2D eigenvalue weighted by Crippen LogP contribution is 2.20. The van der Waals surface area contributed by atoms with Gasteiger partial charge in [0.2, 0.25) is 0 Å². The lowest BCUT2D eigenvalue weighted by atomic mass is 10.1. The number of hydrogen-bond donors (Lipinski definition) is 1. The smallest absolute Gasteiger partial charge is 0.0414 e. The average Bonchev–Trinajstić information content (AvgIpc) is 2.39. The maximum atomic E-state index is 3.63. The van der Waals surface area contributed by atoms with Crippen LogP contribution in [0, 0.1) is 12.8 Å². The van der Waals surface area contributed by atoms with Crippen molar-refractivity contribution in [3.8, 4) is 0 Å². The molecule has 1 aromatic rings. The third-order valence-electron chi connectivity index (χ3n) is 3.67. The Labute approximate surface area is 125 Å². The second kappa shape index (κ2) is 9.02. The van der Waals surface area contributed by atoms with Crippen LogP contribution >= 0.6 is 0 Å². The predicted octanol–water partition coefficient (Wildman–Crippen LogP) is 4.24. The molecule has 0 saturated carbocycles. The van der Waals surface area contributed by atoms with E-state index in [-0.39, 0.29) is 0 Å². The van der Waals surface area contributed by atoms with E-state index in [1.54, 1.807) is 0 Å². The van der Waals surface area contributed by atoms with Gasteiger partial charge < -0.3 is 10.2 Å². The minimum Gasteiger partial charge on any atom is -0.368 e. The lowest BCUT2D eigenvalue weighted by Gasteiger charge is -2.33. The molecular formula is C18H32N2. The van der Waals surface area contributed by atoms with Crippen molar-refractivity contribution in [2.45, 2.75) is 53.5 Å².